The Hall–Kier alpha value is -3.12. The highest BCUT2D eigenvalue weighted by molar-refractivity contribution is 6.48. The number of rotatable bonds is 8. The summed E-state index contributed by atoms with van der Waals surface area (Å²) in [7, 11) is 0. The summed E-state index contributed by atoms with van der Waals surface area (Å²) in [5, 5.41) is -0.482. The first-order chi connectivity index (χ1) is 17.4. The van der Waals surface area contributed by atoms with Gasteiger partial charge in [0, 0.05) is 23.5 Å². The van der Waals surface area contributed by atoms with Gasteiger partial charge in [0.05, 0.1) is 28.2 Å². The third kappa shape index (κ3) is 7.01. The molecule has 0 radical (unpaired) electrons. The van der Waals surface area contributed by atoms with E-state index in [1.165, 1.54) is 35.5 Å². The number of Topliss-reactive ketones (excluding diaryl/α,β-unsaturated/α-hetero) is 1. The lowest BCUT2D eigenvalue weighted by Gasteiger charge is -2.20. The average Bonchev–Trinajstić information content (AvgIpc) is 2.84. The number of alkyl halides is 3. The number of carbonyl (C=O) groups excluding carboxylic acids is 1. The van der Waals surface area contributed by atoms with Gasteiger partial charge in [0.2, 0.25) is 5.95 Å². The van der Waals surface area contributed by atoms with Gasteiger partial charge in [-0.3, -0.25) is 4.79 Å². The third-order valence-electron chi connectivity index (χ3n) is 5.29. The van der Waals surface area contributed by atoms with Crippen molar-refractivity contribution in [1.29, 1.82) is 0 Å². The number of anilines is 1. The van der Waals surface area contributed by atoms with E-state index in [9.17, 15) is 18.0 Å². The molecular weight excluding hydrogens is 553 g/mol. The number of allylic oxidation sites excluding steroid dienone is 1. The van der Waals surface area contributed by atoms with Gasteiger partial charge in [0.25, 0.3) is 0 Å². The fourth-order valence-electron chi connectivity index (χ4n) is 3.52. The van der Waals surface area contributed by atoms with E-state index in [1.54, 1.807) is 13.0 Å². The number of benzene rings is 2. The molecule has 2 aromatic carbocycles. The Morgan fingerprint density at radius 1 is 1.14 bits per heavy atom. The van der Waals surface area contributed by atoms with E-state index < -0.39 is 17.9 Å². The quantitative estimate of drug-likeness (QED) is 0.120. The van der Waals surface area contributed by atoms with Crippen LogP contribution in [0.1, 0.15) is 33.0 Å². The van der Waals surface area contributed by atoms with Crippen LogP contribution in [0.2, 0.25) is 15.1 Å². The molecule has 3 aromatic rings. The Kier molecular flexibility index (Phi) is 9.19. The number of aryl methyl sites for hydroxylation is 1. The van der Waals surface area contributed by atoms with Crippen molar-refractivity contribution in [2.45, 2.75) is 19.0 Å². The number of halogens is 7. The summed E-state index contributed by atoms with van der Waals surface area (Å²) in [6.45, 7) is 1.47. The first kappa shape index (κ1) is 28.5. The number of hydrogen-bond donors (Lipinski definition) is 0. The first-order valence-corrected chi connectivity index (χ1v) is 11.7. The van der Waals surface area contributed by atoms with E-state index >= 15 is 4.39 Å². The molecular formula is C26H18Cl3F4N3O. The molecule has 0 bridgehead atoms. The lowest BCUT2D eigenvalue weighted by Crippen LogP contribution is -2.32. The van der Waals surface area contributed by atoms with Gasteiger partial charge in [0.15, 0.2) is 5.78 Å². The highest BCUT2D eigenvalue weighted by atomic mass is 35.5. The molecule has 1 aromatic heterocycles. The summed E-state index contributed by atoms with van der Waals surface area (Å²) in [6, 6.07) is 7.46. The molecule has 0 aliphatic rings. The van der Waals surface area contributed by atoms with Gasteiger partial charge < -0.3 is 4.90 Å². The summed E-state index contributed by atoms with van der Waals surface area (Å²) in [5.41, 5.74) is 0.101. The normalized spacial score (nSPS) is 12.7. The maximum Gasteiger partial charge on any atom is 0.399 e. The van der Waals surface area contributed by atoms with Crippen LogP contribution in [0.25, 0.3) is 5.83 Å². The Morgan fingerprint density at radius 3 is 2.30 bits per heavy atom. The smallest absolute Gasteiger partial charge is 0.322 e. The topological polar surface area (TPSA) is 46.1 Å². The third-order valence-corrected chi connectivity index (χ3v) is 6.48. The average molecular weight is 571 g/mol. The van der Waals surface area contributed by atoms with Crippen molar-refractivity contribution in [3.05, 3.63) is 92.2 Å². The van der Waals surface area contributed by atoms with E-state index in [0.29, 0.717) is 11.6 Å². The van der Waals surface area contributed by atoms with Crippen molar-refractivity contribution in [2.24, 2.45) is 0 Å². The molecule has 0 aliphatic heterocycles. The van der Waals surface area contributed by atoms with Crippen molar-refractivity contribution in [2.75, 3.05) is 18.0 Å². The Bertz CT molecular complexity index is 1350. The molecule has 0 aliphatic carbocycles. The van der Waals surface area contributed by atoms with E-state index in [-0.39, 0.29) is 56.6 Å². The van der Waals surface area contributed by atoms with E-state index in [1.807, 2.05) is 0 Å². The van der Waals surface area contributed by atoms with Crippen molar-refractivity contribution in [1.82, 2.24) is 9.97 Å². The van der Waals surface area contributed by atoms with Crippen LogP contribution >= 0.6 is 34.8 Å². The van der Waals surface area contributed by atoms with Gasteiger partial charge in [-0.05, 0) is 48.4 Å². The van der Waals surface area contributed by atoms with Gasteiger partial charge in [0.1, 0.15) is 11.7 Å². The number of aromatic nitrogens is 2. The van der Waals surface area contributed by atoms with E-state index in [0.717, 1.165) is 12.1 Å². The SMILES string of the molecule is C#CCN(CC(=O)c1ccc(/C(F)=C/C(c2cc(Cl)c(Cl)c(Cl)c2)C(F)(F)F)cc1C)c1ncccn1. The lowest BCUT2D eigenvalue weighted by atomic mass is 9.95. The number of carbonyl (C=O) groups is 1. The standard InChI is InChI=1S/C26H18Cl3F4N3O/c1-3-9-36(25-34-7-4-8-35-25)14-23(37)18-6-5-16(10-15(18)2)22(30)13-19(26(31,32)33)17-11-20(27)24(29)21(28)12-17/h1,4-8,10-13,19H,9,14H2,2H3/b22-13-. The van der Waals surface area contributed by atoms with E-state index in [4.69, 9.17) is 41.2 Å². The molecule has 4 nitrogen and oxygen atoms in total. The van der Waals surface area contributed by atoms with Crippen LogP contribution in [0.4, 0.5) is 23.5 Å². The fraction of sp³-hybridized carbons (Fsp3) is 0.192. The van der Waals surface area contributed by atoms with Crippen molar-refractivity contribution < 1.29 is 22.4 Å². The Balaban J connectivity index is 1.90. The van der Waals surface area contributed by atoms with Gasteiger partial charge in [-0.2, -0.15) is 13.2 Å². The van der Waals surface area contributed by atoms with Crippen LogP contribution in [0.15, 0.2) is 54.9 Å². The molecule has 1 atom stereocenters. The molecule has 0 saturated carbocycles. The second-order valence-electron chi connectivity index (χ2n) is 7.89. The summed E-state index contributed by atoms with van der Waals surface area (Å²) < 4.78 is 56.5. The number of terminal acetylenes is 1. The highest BCUT2D eigenvalue weighted by Gasteiger charge is 2.40. The lowest BCUT2D eigenvalue weighted by molar-refractivity contribution is -0.139. The second kappa shape index (κ2) is 12.0. The van der Waals surface area contributed by atoms with Crippen LogP contribution < -0.4 is 4.90 Å². The summed E-state index contributed by atoms with van der Waals surface area (Å²) >= 11 is 17.6. The minimum atomic E-state index is -4.84. The minimum absolute atomic E-state index is 0.0712. The molecule has 37 heavy (non-hydrogen) atoms. The van der Waals surface area contributed by atoms with Gasteiger partial charge in [-0.25, -0.2) is 14.4 Å². The van der Waals surface area contributed by atoms with Crippen LogP contribution in [0.5, 0.6) is 0 Å². The van der Waals surface area contributed by atoms with Crippen LogP contribution in [0.3, 0.4) is 0 Å². The van der Waals surface area contributed by atoms with E-state index in [2.05, 4.69) is 15.9 Å². The van der Waals surface area contributed by atoms with Crippen molar-refractivity contribution in [3.8, 4) is 12.3 Å². The maximum absolute atomic E-state index is 15.1. The predicted molar refractivity (Wildman–Crippen MR) is 138 cm³/mol. The van der Waals surface area contributed by atoms with Crippen molar-refractivity contribution in [3.63, 3.8) is 0 Å². The summed E-state index contributed by atoms with van der Waals surface area (Å²) in [5.74, 6) is -1.14. The number of nitrogens with zero attached hydrogens (tertiary/aromatic N) is 3. The Labute approximate surface area is 225 Å². The molecule has 0 N–H and O–H groups in total. The van der Waals surface area contributed by atoms with Crippen LogP contribution in [-0.4, -0.2) is 35.0 Å². The molecule has 0 spiro atoms. The largest absolute Gasteiger partial charge is 0.399 e. The zero-order valence-corrected chi connectivity index (χ0v) is 21.4. The molecule has 0 amide bonds. The molecule has 0 saturated heterocycles. The predicted octanol–water partition coefficient (Wildman–Crippen LogP) is 7.72. The number of ketones is 1. The van der Waals surface area contributed by atoms with Gasteiger partial charge >= 0.3 is 6.18 Å². The summed E-state index contributed by atoms with van der Waals surface area (Å²) in [4.78, 5) is 22.6. The Morgan fingerprint density at radius 2 is 1.76 bits per heavy atom. The first-order valence-electron chi connectivity index (χ1n) is 10.6. The molecule has 11 heteroatoms. The number of hydrogen-bond acceptors (Lipinski definition) is 4. The zero-order chi connectivity index (χ0) is 27.3. The van der Waals surface area contributed by atoms with Gasteiger partial charge in [-0.15, -0.1) is 6.42 Å². The zero-order valence-electron chi connectivity index (χ0n) is 19.2. The second-order valence-corrected chi connectivity index (χ2v) is 9.09. The molecule has 3 rings (SSSR count). The highest BCUT2D eigenvalue weighted by Crippen LogP contribution is 2.42. The molecule has 1 unspecified atom stereocenters. The van der Waals surface area contributed by atoms with Crippen LogP contribution in [-0.2, 0) is 0 Å². The molecule has 0 fully saturated rings. The molecule has 192 valence electrons. The van der Waals surface area contributed by atoms with Crippen LogP contribution in [0, 0.1) is 19.3 Å². The monoisotopic (exact) mass is 569 g/mol. The summed E-state index contributed by atoms with van der Waals surface area (Å²) in [6.07, 6.45) is 3.98. The maximum atomic E-state index is 15.1. The molecule has 1 heterocycles. The van der Waals surface area contributed by atoms with Crippen molar-refractivity contribution >= 4 is 52.4 Å². The fourth-order valence-corrected chi connectivity index (χ4v) is 4.14. The van der Waals surface area contributed by atoms with Gasteiger partial charge in [-0.1, -0.05) is 52.9 Å². The minimum Gasteiger partial charge on any atom is -0.322 e.